The zero-order valence-electron chi connectivity index (χ0n) is 18.3. The van der Waals surface area contributed by atoms with Crippen LogP contribution in [0.1, 0.15) is 30.6 Å². The Bertz CT molecular complexity index is 933. The van der Waals surface area contributed by atoms with Gasteiger partial charge in [0, 0.05) is 66.6 Å². The SMILES string of the molecule is C=C(CN1CCN(SC(C)c2ccc3c(c2)Nc2ccccc2S3)CC1)N1CCCC1. The van der Waals surface area contributed by atoms with Gasteiger partial charge in [-0.2, -0.15) is 0 Å². The zero-order chi connectivity index (χ0) is 21.2. The Balaban J connectivity index is 1.14. The number of fused-ring (bicyclic) bond motifs is 2. The summed E-state index contributed by atoms with van der Waals surface area (Å²) in [7, 11) is 0. The van der Waals surface area contributed by atoms with Crippen molar-refractivity contribution in [3.8, 4) is 0 Å². The highest BCUT2D eigenvalue weighted by atomic mass is 32.2. The predicted octanol–water partition coefficient (Wildman–Crippen LogP) is 5.83. The molecule has 0 bridgehead atoms. The van der Waals surface area contributed by atoms with Crippen molar-refractivity contribution in [3.63, 3.8) is 0 Å². The van der Waals surface area contributed by atoms with Crippen molar-refractivity contribution in [2.24, 2.45) is 0 Å². The molecule has 0 amide bonds. The van der Waals surface area contributed by atoms with Gasteiger partial charge in [0.25, 0.3) is 0 Å². The number of rotatable bonds is 6. The fourth-order valence-corrected chi connectivity index (χ4v) is 6.64. The molecule has 2 aromatic carbocycles. The lowest BCUT2D eigenvalue weighted by Crippen LogP contribution is -2.45. The molecule has 164 valence electrons. The van der Waals surface area contributed by atoms with Gasteiger partial charge >= 0.3 is 0 Å². The Hall–Kier alpha value is -1.60. The number of anilines is 2. The van der Waals surface area contributed by atoms with Crippen LogP contribution >= 0.6 is 23.7 Å². The van der Waals surface area contributed by atoms with E-state index in [1.165, 1.54) is 58.4 Å². The number of hydrogen-bond donors (Lipinski definition) is 1. The molecule has 0 aromatic heterocycles. The summed E-state index contributed by atoms with van der Waals surface area (Å²) in [5.74, 6) is 0. The molecule has 31 heavy (non-hydrogen) atoms. The maximum Gasteiger partial charge on any atom is 0.0529 e. The van der Waals surface area contributed by atoms with Crippen molar-refractivity contribution < 1.29 is 0 Å². The Morgan fingerprint density at radius 1 is 1.00 bits per heavy atom. The average molecular weight is 453 g/mol. The molecule has 2 fully saturated rings. The molecule has 0 radical (unpaired) electrons. The molecular formula is C25H32N4S2. The molecule has 6 heteroatoms. The third kappa shape index (κ3) is 4.92. The number of piperazine rings is 1. The van der Waals surface area contributed by atoms with Crippen LogP contribution in [0.3, 0.4) is 0 Å². The quantitative estimate of drug-likeness (QED) is 0.472. The van der Waals surface area contributed by atoms with E-state index in [0.29, 0.717) is 5.25 Å². The highest BCUT2D eigenvalue weighted by Gasteiger charge is 2.23. The van der Waals surface area contributed by atoms with E-state index in [9.17, 15) is 0 Å². The summed E-state index contributed by atoms with van der Waals surface area (Å²) in [4.78, 5) is 7.66. The van der Waals surface area contributed by atoms with E-state index in [4.69, 9.17) is 0 Å². The van der Waals surface area contributed by atoms with Gasteiger partial charge in [0.15, 0.2) is 0 Å². The van der Waals surface area contributed by atoms with Crippen LogP contribution in [-0.4, -0.2) is 59.9 Å². The fourth-order valence-electron chi connectivity index (χ4n) is 4.58. The number of benzene rings is 2. The number of para-hydroxylation sites is 1. The van der Waals surface area contributed by atoms with Gasteiger partial charge in [0.2, 0.25) is 0 Å². The van der Waals surface area contributed by atoms with E-state index in [-0.39, 0.29) is 0 Å². The molecule has 2 saturated heterocycles. The summed E-state index contributed by atoms with van der Waals surface area (Å²) in [6.45, 7) is 14.6. The first-order chi connectivity index (χ1) is 15.2. The van der Waals surface area contributed by atoms with Crippen LogP contribution in [0.5, 0.6) is 0 Å². The molecular weight excluding hydrogens is 420 g/mol. The van der Waals surface area contributed by atoms with Gasteiger partial charge in [0.1, 0.15) is 0 Å². The molecule has 0 aliphatic carbocycles. The summed E-state index contributed by atoms with van der Waals surface area (Å²) in [6.07, 6.45) is 2.65. The van der Waals surface area contributed by atoms with Gasteiger partial charge in [-0.25, -0.2) is 4.31 Å². The van der Waals surface area contributed by atoms with Crippen LogP contribution in [0, 0.1) is 0 Å². The minimum Gasteiger partial charge on any atom is -0.374 e. The molecule has 3 heterocycles. The van der Waals surface area contributed by atoms with E-state index < -0.39 is 0 Å². The molecule has 0 saturated carbocycles. The second-order valence-corrected chi connectivity index (χ2v) is 11.2. The van der Waals surface area contributed by atoms with Crippen LogP contribution in [0.15, 0.2) is 64.5 Å². The molecule has 3 aliphatic rings. The Morgan fingerprint density at radius 3 is 2.55 bits per heavy atom. The first-order valence-corrected chi connectivity index (χ1v) is 13.1. The summed E-state index contributed by atoms with van der Waals surface area (Å²) in [6, 6.07) is 15.5. The van der Waals surface area contributed by atoms with E-state index in [1.807, 2.05) is 23.7 Å². The van der Waals surface area contributed by atoms with Crippen molar-refractivity contribution in [1.29, 1.82) is 0 Å². The van der Waals surface area contributed by atoms with Crippen LogP contribution in [-0.2, 0) is 0 Å². The minimum atomic E-state index is 0.445. The monoisotopic (exact) mass is 452 g/mol. The smallest absolute Gasteiger partial charge is 0.0529 e. The lowest BCUT2D eigenvalue weighted by molar-refractivity contribution is 0.196. The third-order valence-corrected chi connectivity index (χ3v) is 8.85. The highest BCUT2D eigenvalue weighted by molar-refractivity contribution is 7.99. The maximum absolute atomic E-state index is 4.34. The lowest BCUT2D eigenvalue weighted by atomic mass is 10.1. The van der Waals surface area contributed by atoms with Crippen molar-refractivity contribution in [1.82, 2.24) is 14.1 Å². The molecule has 2 aromatic rings. The summed E-state index contributed by atoms with van der Waals surface area (Å²) in [5, 5.41) is 4.07. The largest absolute Gasteiger partial charge is 0.374 e. The van der Waals surface area contributed by atoms with Crippen molar-refractivity contribution in [2.45, 2.75) is 34.8 Å². The van der Waals surface area contributed by atoms with E-state index >= 15 is 0 Å². The van der Waals surface area contributed by atoms with Crippen LogP contribution in [0.25, 0.3) is 0 Å². The second-order valence-electron chi connectivity index (χ2n) is 8.69. The molecule has 5 rings (SSSR count). The highest BCUT2D eigenvalue weighted by Crippen LogP contribution is 2.45. The zero-order valence-corrected chi connectivity index (χ0v) is 20.0. The van der Waals surface area contributed by atoms with Crippen molar-refractivity contribution >= 4 is 35.1 Å². The van der Waals surface area contributed by atoms with E-state index in [2.05, 4.69) is 75.4 Å². The van der Waals surface area contributed by atoms with E-state index in [0.717, 1.165) is 32.7 Å². The van der Waals surface area contributed by atoms with Gasteiger partial charge in [-0.1, -0.05) is 48.5 Å². The number of nitrogens with zero attached hydrogens (tertiary/aromatic N) is 3. The van der Waals surface area contributed by atoms with Crippen molar-refractivity contribution in [3.05, 3.63) is 60.3 Å². The standard InChI is InChI=1S/C25H32N4S2/c1-19(28-11-5-6-12-28)18-27-13-15-29(16-14-27)31-20(2)21-9-10-25-23(17-21)26-22-7-3-4-8-24(22)30-25/h3-4,7-10,17,20,26H,1,5-6,11-16,18H2,2H3. The van der Waals surface area contributed by atoms with Gasteiger partial charge in [0.05, 0.1) is 11.4 Å². The fraction of sp³-hybridized carbons (Fsp3) is 0.440. The lowest BCUT2D eigenvalue weighted by Gasteiger charge is -2.36. The van der Waals surface area contributed by atoms with Gasteiger partial charge in [-0.15, -0.1) is 0 Å². The van der Waals surface area contributed by atoms with E-state index in [1.54, 1.807) is 0 Å². The maximum atomic E-state index is 4.34. The van der Waals surface area contributed by atoms with Gasteiger partial charge in [-0.05, 0) is 49.6 Å². The molecule has 1 atom stereocenters. The average Bonchev–Trinajstić information content (AvgIpc) is 3.34. The van der Waals surface area contributed by atoms with Crippen LogP contribution < -0.4 is 5.32 Å². The molecule has 1 unspecified atom stereocenters. The molecule has 1 N–H and O–H groups in total. The molecule has 3 aliphatic heterocycles. The Kier molecular flexibility index (Phi) is 6.51. The van der Waals surface area contributed by atoms with Crippen LogP contribution in [0.2, 0.25) is 0 Å². The number of hydrogen-bond acceptors (Lipinski definition) is 6. The Morgan fingerprint density at radius 2 is 1.74 bits per heavy atom. The first-order valence-electron chi connectivity index (χ1n) is 11.4. The van der Waals surface area contributed by atoms with Crippen molar-refractivity contribution in [2.75, 3.05) is 51.1 Å². The summed E-state index contributed by atoms with van der Waals surface area (Å²) >= 11 is 3.85. The predicted molar refractivity (Wildman–Crippen MR) is 134 cm³/mol. The van der Waals surface area contributed by atoms with Gasteiger partial charge in [-0.3, -0.25) is 4.90 Å². The number of likely N-dealkylation sites (tertiary alicyclic amines) is 1. The summed E-state index contributed by atoms with van der Waals surface area (Å²) in [5.41, 5.74) is 5.15. The molecule has 0 spiro atoms. The topological polar surface area (TPSA) is 21.8 Å². The second kappa shape index (κ2) is 9.49. The van der Waals surface area contributed by atoms with Gasteiger partial charge < -0.3 is 10.2 Å². The number of nitrogens with one attached hydrogen (secondary N) is 1. The molecule has 4 nitrogen and oxygen atoms in total. The normalized spacial score (nSPS) is 20.1. The van der Waals surface area contributed by atoms with Crippen LogP contribution in [0.4, 0.5) is 11.4 Å². The minimum absolute atomic E-state index is 0.445. The first kappa shape index (κ1) is 21.3. The summed E-state index contributed by atoms with van der Waals surface area (Å²) < 4.78 is 2.55. The Labute approximate surface area is 195 Å². The third-order valence-electron chi connectivity index (χ3n) is 6.45.